The third-order valence-electron chi connectivity index (χ3n) is 1.51. The predicted molar refractivity (Wildman–Crippen MR) is 72.3 cm³/mol. The molecule has 0 aliphatic rings. The van der Waals surface area contributed by atoms with Crippen molar-refractivity contribution in [1.29, 1.82) is 0 Å². The molecule has 0 bridgehead atoms. The molecule has 1 heterocycles. The smallest absolute Gasteiger partial charge is 0.0941 e. The van der Waals surface area contributed by atoms with Crippen molar-refractivity contribution in [2.24, 2.45) is 0 Å². The lowest BCUT2D eigenvalue weighted by Gasteiger charge is -1.94. The first-order valence-electron chi connectivity index (χ1n) is 3.21. The summed E-state index contributed by atoms with van der Waals surface area (Å²) in [6.45, 7) is 0. The molecule has 0 nitrogen and oxygen atoms in total. The highest BCUT2D eigenvalue weighted by molar-refractivity contribution is 14.1. The maximum absolute atomic E-state index is 5.92. The van der Waals surface area contributed by atoms with Crippen LogP contribution in [0, 0.1) is 7.14 Å². The largest absolute Gasteiger partial charge is 0.122 e. The van der Waals surface area contributed by atoms with Crippen LogP contribution in [0.15, 0.2) is 18.2 Å². The molecule has 0 saturated heterocycles. The molecule has 0 N–H and O–H groups in total. The topological polar surface area (TPSA) is 0 Å². The maximum Gasteiger partial charge on any atom is 0.0941 e. The van der Waals surface area contributed by atoms with Crippen LogP contribution in [0.5, 0.6) is 0 Å². The van der Waals surface area contributed by atoms with Gasteiger partial charge >= 0.3 is 0 Å². The van der Waals surface area contributed by atoms with Crippen LogP contribution >= 0.6 is 68.1 Å². The molecule has 4 heteroatoms. The fourth-order valence-corrected chi connectivity index (χ4v) is 4.39. The van der Waals surface area contributed by atoms with Crippen LogP contribution in [0.3, 0.4) is 0 Å². The standard InChI is InChI=1S/C8H3ClI2S/c9-7-2-4-1-5(10)3-6(11)8(4)12-7/h1-3H. The Balaban J connectivity index is 2.88. The van der Waals surface area contributed by atoms with Gasteiger partial charge in [0, 0.05) is 11.8 Å². The highest BCUT2D eigenvalue weighted by Gasteiger charge is 2.04. The van der Waals surface area contributed by atoms with E-state index in [1.165, 1.54) is 17.2 Å². The van der Waals surface area contributed by atoms with Crippen LogP contribution in [0.1, 0.15) is 0 Å². The molecule has 0 fully saturated rings. The monoisotopic (exact) mass is 420 g/mol. The molecule has 1 aromatic carbocycles. The zero-order valence-corrected chi connectivity index (χ0v) is 11.7. The van der Waals surface area contributed by atoms with Crippen molar-refractivity contribution in [2.75, 3.05) is 0 Å². The fraction of sp³-hybridized carbons (Fsp3) is 0. The van der Waals surface area contributed by atoms with E-state index in [-0.39, 0.29) is 0 Å². The lowest BCUT2D eigenvalue weighted by atomic mass is 10.3. The first-order valence-corrected chi connectivity index (χ1v) is 6.56. The summed E-state index contributed by atoms with van der Waals surface area (Å²) in [7, 11) is 0. The summed E-state index contributed by atoms with van der Waals surface area (Å²) in [5.74, 6) is 0. The quantitative estimate of drug-likeness (QED) is 0.539. The molecule has 12 heavy (non-hydrogen) atoms. The van der Waals surface area contributed by atoms with E-state index in [2.05, 4.69) is 57.3 Å². The van der Waals surface area contributed by atoms with Crippen LogP contribution in [0.2, 0.25) is 4.34 Å². The lowest BCUT2D eigenvalue weighted by molar-refractivity contribution is 1.71. The van der Waals surface area contributed by atoms with Gasteiger partial charge in [-0.15, -0.1) is 11.3 Å². The second kappa shape index (κ2) is 3.59. The van der Waals surface area contributed by atoms with Crippen molar-refractivity contribution in [3.8, 4) is 0 Å². The highest BCUT2D eigenvalue weighted by Crippen LogP contribution is 2.33. The van der Waals surface area contributed by atoms with Crippen molar-refractivity contribution in [2.45, 2.75) is 0 Å². The molecule has 2 aromatic rings. The minimum atomic E-state index is 0.866. The van der Waals surface area contributed by atoms with E-state index in [1.54, 1.807) is 11.3 Å². The van der Waals surface area contributed by atoms with E-state index in [4.69, 9.17) is 11.6 Å². The molecular weight excluding hydrogens is 417 g/mol. The number of hydrogen-bond acceptors (Lipinski definition) is 1. The molecule has 0 amide bonds. The zero-order valence-electron chi connectivity index (χ0n) is 5.77. The number of halogens is 3. The van der Waals surface area contributed by atoms with Gasteiger partial charge in [0.1, 0.15) is 0 Å². The van der Waals surface area contributed by atoms with Gasteiger partial charge in [-0.1, -0.05) is 11.6 Å². The summed E-state index contributed by atoms with van der Waals surface area (Å²) in [6, 6.07) is 6.34. The van der Waals surface area contributed by atoms with Gasteiger partial charge in [0.2, 0.25) is 0 Å². The zero-order chi connectivity index (χ0) is 8.72. The number of hydrogen-bond donors (Lipinski definition) is 0. The minimum Gasteiger partial charge on any atom is -0.122 e. The second-order valence-electron chi connectivity index (χ2n) is 2.36. The fourth-order valence-electron chi connectivity index (χ4n) is 1.04. The lowest BCUT2D eigenvalue weighted by Crippen LogP contribution is -1.74. The van der Waals surface area contributed by atoms with Crippen LogP contribution < -0.4 is 0 Å². The van der Waals surface area contributed by atoms with E-state index >= 15 is 0 Å². The predicted octanol–water partition coefficient (Wildman–Crippen LogP) is 4.76. The maximum atomic E-state index is 5.92. The molecule has 0 radical (unpaired) electrons. The van der Waals surface area contributed by atoms with Crippen LogP contribution in [0.25, 0.3) is 10.1 Å². The molecule has 0 spiro atoms. The molecule has 0 atom stereocenters. The Morgan fingerprint density at radius 3 is 2.67 bits per heavy atom. The van der Waals surface area contributed by atoms with Crippen molar-refractivity contribution in [1.82, 2.24) is 0 Å². The van der Waals surface area contributed by atoms with Crippen molar-refractivity contribution in [3.63, 3.8) is 0 Å². The Kier molecular flexibility index (Phi) is 2.84. The Bertz CT molecular complexity index is 436. The van der Waals surface area contributed by atoms with Gasteiger partial charge in [-0.25, -0.2) is 0 Å². The summed E-state index contributed by atoms with van der Waals surface area (Å²) in [5.41, 5.74) is 0. The molecule has 0 saturated carbocycles. The first kappa shape index (κ1) is 9.48. The van der Waals surface area contributed by atoms with Crippen LogP contribution in [-0.4, -0.2) is 0 Å². The van der Waals surface area contributed by atoms with Gasteiger partial charge in [-0.2, -0.15) is 0 Å². The Hall–Kier alpha value is 0.930. The molecule has 0 unspecified atom stereocenters. The third kappa shape index (κ3) is 1.73. The molecule has 2 rings (SSSR count). The second-order valence-corrected chi connectivity index (χ2v) is 6.45. The summed E-state index contributed by atoms with van der Waals surface area (Å²) in [5, 5.41) is 1.25. The normalized spacial score (nSPS) is 10.9. The Morgan fingerprint density at radius 1 is 1.17 bits per heavy atom. The van der Waals surface area contributed by atoms with Gasteiger partial charge in [-0.05, 0) is 68.8 Å². The first-order chi connectivity index (χ1) is 5.66. The summed E-state index contributed by atoms with van der Waals surface area (Å²) in [4.78, 5) is 0. The molecule has 0 aliphatic heterocycles. The molecule has 1 aromatic heterocycles. The average Bonchev–Trinajstić information content (AvgIpc) is 2.29. The van der Waals surface area contributed by atoms with Crippen molar-refractivity contribution in [3.05, 3.63) is 29.7 Å². The van der Waals surface area contributed by atoms with Gasteiger partial charge in [0.05, 0.1) is 4.34 Å². The van der Waals surface area contributed by atoms with Crippen LogP contribution in [-0.2, 0) is 0 Å². The van der Waals surface area contributed by atoms with Gasteiger partial charge in [-0.3, -0.25) is 0 Å². The Morgan fingerprint density at radius 2 is 1.92 bits per heavy atom. The number of thiophene rings is 1. The van der Waals surface area contributed by atoms with E-state index in [0.29, 0.717) is 0 Å². The third-order valence-corrected chi connectivity index (χ3v) is 4.66. The number of fused-ring (bicyclic) bond motifs is 1. The van der Waals surface area contributed by atoms with Gasteiger partial charge in [0.25, 0.3) is 0 Å². The number of benzene rings is 1. The van der Waals surface area contributed by atoms with Gasteiger partial charge < -0.3 is 0 Å². The molecule has 0 aliphatic carbocycles. The van der Waals surface area contributed by atoms with E-state index in [9.17, 15) is 0 Å². The highest BCUT2D eigenvalue weighted by atomic mass is 127. The number of rotatable bonds is 0. The molecule has 62 valence electrons. The molecular formula is C8H3ClI2S. The van der Waals surface area contributed by atoms with E-state index < -0.39 is 0 Å². The van der Waals surface area contributed by atoms with E-state index in [1.807, 2.05) is 6.07 Å². The minimum absolute atomic E-state index is 0.866. The summed E-state index contributed by atoms with van der Waals surface area (Å²) < 4.78 is 4.70. The average molecular weight is 420 g/mol. The Labute approximate surface area is 107 Å². The van der Waals surface area contributed by atoms with E-state index in [0.717, 1.165) is 4.34 Å². The summed E-state index contributed by atoms with van der Waals surface area (Å²) >= 11 is 12.2. The summed E-state index contributed by atoms with van der Waals surface area (Å²) in [6.07, 6.45) is 0. The van der Waals surface area contributed by atoms with Crippen molar-refractivity contribution >= 4 is 78.2 Å². The SMILES string of the molecule is Clc1cc2cc(I)cc(I)c2s1. The van der Waals surface area contributed by atoms with Gasteiger partial charge in [0.15, 0.2) is 0 Å². The van der Waals surface area contributed by atoms with Crippen molar-refractivity contribution < 1.29 is 0 Å². The van der Waals surface area contributed by atoms with Crippen LogP contribution in [0.4, 0.5) is 0 Å².